The molecule has 0 aliphatic carbocycles. The molecule has 0 saturated heterocycles. The molecule has 0 aromatic rings. The Kier molecular flexibility index (Phi) is 21.1. The molecule has 0 aromatic heterocycles. The van der Waals surface area contributed by atoms with Crippen LogP contribution in [0.2, 0.25) is 0 Å². The number of ether oxygens (including phenoxy) is 1. The van der Waals surface area contributed by atoms with E-state index in [9.17, 15) is 19.4 Å². The van der Waals surface area contributed by atoms with Gasteiger partial charge >= 0.3 is 13.6 Å². The lowest BCUT2D eigenvalue weighted by molar-refractivity contribution is -0.134. The molecule has 0 aliphatic heterocycles. The molecule has 7 nitrogen and oxygen atoms in total. The van der Waals surface area contributed by atoms with Crippen molar-refractivity contribution in [2.45, 2.75) is 116 Å². The molecule has 1 unspecified atom stereocenters. The average molecular weight is 467 g/mol. The van der Waals surface area contributed by atoms with Crippen LogP contribution in [0, 0.1) is 0 Å². The summed E-state index contributed by atoms with van der Waals surface area (Å²) in [4.78, 5) is 19.7. The first-order chi connectivity index (χ1) is 14.9. The van der Waals surface area contributed by atoms with Crippen molar-refractivity contribution in [1.82, 2.24) is 0 Å². The monoisotopic (exact) mass is 466 g/mol. The molecule has 0 aliphatic rings. The van der Waals surface area contributed by atoms with Crippen LogP contribution in [-0.2, 0) is 18.6 Å². The Labute approximate surface area is 189 Å². The van der Waals surface area contributed by atoms with Gasteiger partial charge in [0.25, 0.3) is 0 Å². The van der Waals surface area contributed by atoms with E-state index in [4.69, 9.17) is 9.84 Å². The minimum atomic E-state index is -4.20. The molecule has 0 fully saturated rings. The average Bonchev–Trinajstić information content (AvgIpc) is 2.70. The molecular formula is C23H47O7P. The van der Waals surface area contributed by atoms with Crippen LogP contribution in [0.5, 0.6) is 0 Å². The van der Waals surface area contributed by atoms with Gasteiger partial charge < -0.3 is 24.4 Å². The maximum absolute atomic E-state index is 11.4. The van der Waals surface area contributed by atoms with E-state index < -0.39 is 32.4 Å². The third kappa shape index (κ3) is 24.0. The van der Waals surface area contributed by atoms with Crippen LogP contribution in [-0.4, -0.2) is 53.2 Å². The van der Waals surface area contributed by atoms with Crippen molar-refractivity contribution in [3.05, 3.63) is 0 Å². The van der Waals surface area contributed by atoms with Crippen molar-refractivity contribution in [1.29, 1.82) is 0 Å². The first-order valence-electron chi connectivity index (χ1n) is 12.3. The van der Waals surface area contributed by atoms with Gasteiger partial charge in [0.2, 0.25) is 0 Å². The minimum absolute atomic E-state index is 0.00577. The molecule has 0 saturated carbocycles. The van der Waals surface area contributed by atoms with Crippen molar-refractivity contribution < 1.29 is 33.7 Å². The Balaban J connectivity index is 3.27. The first-order valence-corrected chi connectivity index (χ1v) is 14.1. The Morgan fingerprint density at radius 1 is 0.774 bits per heavy atom. The second kappa shape index (κ2) is 21.4. The summed E-state index contributed by atoms with van der Waals surface area (Å²) >= 11 is 0. The van der Waals surface area contributed by atoms with Gasteiger partial charge in [-0.1, -0.05) is 103 Å². The molecule has 0 rings (SSSR count). The van der Waals surface area contributed by atoms with E-state index in [1.54, 1.807) is 0 Å². The summed E-state index contributed by atoms with van der Waals surface area (Å²) in [5, 5.41) is 18.1. The van der Waals surface area contributed by atoms with E-state index in [1.807, 2.05) is 0 Å². The summed E-state index contributed by atoms with van der Waals surface area (Å²) in [5.74, 6) is -1.42. The fourth-order valence-electron chi connectivity index (χ4n) is 3.44. The molecule has 3 N–H and O–H groups in total. The predicted octanol–water partition coefficient (Wildman–Crippen LogP) is 5.91. The third-order valence-corrected chi connectivity index (χ3v) is 6.48. The fourth-order valence-corrected chi connectivity index (χ4v) is 4.28. The molecule has 0 heterocycles. The number of aliphatic carboxylic acids is 1. The van der Waals surface area contributed by atoms with Gasteiger partial charge in [-0.15, -0.1) is 0 Å². The van der Waals surface area contributed by atoms with E-state index in [0.29, 0.717) is 6.61 Å². The van der Waals surface area contributed by atoms with Gasteiger partial charge in [0.05, 0.1) is 13.2 Å². The molecule has 0 amide bonds. The molecule has 31 heavy (non-hydrogen) atoms. The number of aliphatic hydroxyl groups is 1. The highest BCUT2D eigenvalue weighted by Crippen LogP contribution is 2.41. The van der Waals surface area contributed by atoms with Crippen molar-refractivity contribution in [3.8, 4) is 0 Å². The van der Waals surface area contributed by atoms with Crippen LogP contribution < -0.4 is 0 Å². The van der Waals surface area contributed by atoms with Gasteiger partial charge in [0, 0.05) is 6.61 Å². The van der Waals surface area contributed by atoms with E-state index in [0.717, 1.165) is 12.8 Å². The molecule has 0 spiro atoms. The van der Waals surface area contributed by atoms with Crippen molar-refractivity contribution in [3.63, 3.8) is 0 Å². The van der Waals surface area contributed by atoms with Crippen LogP contribution in [0.3, 0.4) is 0 Å². The molecular weight excluding hydrogens is 419 g/mol. The highest BCUT2D eigenvalue weighted by molar-refractivity contribution is 7.53. The number of carboxylic acids is 1. The van der Waals surface area contributed by atoms with Gasteiger partial charge in [-0.25, -0.2) is 0 Å². The minimum Gasteiger partial charge on any atom is -0.481 e. The van der Waals surface area contributed by atoms with Gasteiger partial charge in [-0.3, -0.25) is 9.36 Å². The largest absolute Gasteiger partial charge is 0.481 e. The molecule has 8 heteroatoms. The lowest BCUT2D eigenvalue weighted by atomic mass is 10.0. The zero-order valence-corrected chi connectivity index (χ0v) is 20.5. The maximum Gasteiger partial charge on any atom is 0.339 e. The fraction of sp³-hybridized carbons (Fsp3) is 0.957. The number of aliphatic hydroxyl groups excluding tert-OH is 1. The van der Waals surface area contributed by atoms with Crippen LogP contribution in [0.15, 0.2) is 0 Å². The lowest BCUT2D eigenvalue weighted by Crippen LogP contribution is -2.22. The van der Waals surface area contributed by atoms with E-state index in [1.165, 1.54) is 89.9 Å². The Morgan fingerprint density at radius 2 is 1.19 bits per heavy atom. The zero-order chi connectivity index (χ0) is 23.2. The summed E-state index contributed by atoms with van der Waals surface area (Å²) in [6.07, 6.45) is 18.9. The standard InChI is InChI=1S/C23H47O7P/c1-2-3-4-5-6-7-8-9-10-11-12-13-14-15-16-17-18-29-19-22(24)20-30-31(27,28)21-23(25)26/h22,24H,2-21H2,1H3,(H,25,26)(H,27,28)/t22-/m1/s1. The number of hydrogen-bond acceptors (Lipinski definition) is 5. The topological polar surface area (TPSA) is 113 Å². The Hall–Kier alpha value is -0.460. The molecule has 186 valence electrons. The highest BCUT2D eigenvalue weighted by Gasteiger charge is 2.24. The number of unbranched alkanes of at least 4 members (excludes halogenated alkanes) is 15. The normalized spacial score (nSPS) is 14.4. The van der Waals surface area contributed by atoms with Gasteiger partial charge in [0.1, 0.15) is 12.3 Å². The van der Waals surface area contributed by atoms with Crippen LogP contribution >= 0.6 is 7.60 Å². The highest BCUT2D eigenvalue weighted by atomic mass is 31.2. The summed E-state index contributed by atoms with van der Waals surface area (Å²) in [6, 6.07) is 0. The second-order valence-corrected chi connectivity index (χ2v) is 10.4. The van der Waals surface area contributed by atoms with Crippen LogP contribution in [0.1, 0.15) is 110 Å². The summed E-state index contributed by atoms with van der Waals surface area (Å²) in [5.41, 5.74) is 0. The molecule has 0 aromatic carbocycles. The van der Waals surface area contributed by atoms with Gasteiger partial charge in [-0.2, -0.15) is 0 Å². The van der Waals surface area contributed by atoms with Crippen molar-refractivity contribution in [2.24, 2.45) is 0 Å². The molecule has 2 atom stereocenters. The first kappa shape index (κ1) is 30.5. The quantitative estimate of drug-likeness (QED) is 0.120. The number of carboxylic acid groups (broad SMARTS) is 1. The third-order valence-electron chi connectivity index (χ3n) is 5.26. The van der Waals surface area contributed by atoms with E-state index in [2.05, 4.69) is 11.4 Å². The van der Waals surface area contributed by atoms with Crippen LogP contribution in [0.25, 0.3) is 0 Å². The number of carbonyl (C=O) groups is 1. The lowest BCUT2D eigenvalue weighted by Gasteiger charge is -2.14. The van der Waals surface area contributed by atoms with E-state index in [-0.39, 0.29) is 6.61 Å². The number of hydrogen-bond donors (Lipinski definition) is 3. The summed E-state index contributed by atoms with van der Waals surface area (Å²) < 4.78 is 21.3. The predicted molar refractivity (Wildman–Crippen MR) is 125 cm³/mol. The Bertz CT molecular complexity index is 459. The SMILES string of the molecule is CCCCCCCCCCCCCCCCCCOC[C@@H](O)COP(=O)(O)CC(=O)O. The van der Waals surface area contributed by atoms with Crippen LogP contribution in [0.4, 0.5) is 0 Å². The number of rotatable bonds is 24. The summed E-state index contributed by atoms with van der Waals surface area (Å²) in [6.45, 7) is 2.38. The zero-order valence-electron chi connectivity index (χ0n) is 19.6. The second-order valence-electron chi connectivity index (χ2n) is 8.52. The molecule has 0 bridgehead atoms. The molecule has 0 radical (unpaired) electrons. The summed E-state index contributed by atoms with van der Waals surface area (Å²) in [7, 11) is -4.20. The van der Waals surface area contributed by atoms with Crippen molar-refractivity contribution in [2.75, 3.05) is 26.0 Å². The Morgan fingerprint density at radius 3 is 1.61 bits per heavy atom. The van der Waals surface area contributed by atoms with E-state index >= 15 is 0 Å². The smallest absolute Gasteiger partial charge is 0.339 e. The van der Waals surface area contributed by atoms with Gasteiger partial charge in [-0.05, 0) is 6.42 Å². The maximum atomic E-state index is 11.4. The van der Waals surface area contributed by atoms with Gasteiger partial charge in [0.15, 0.2) is 0 Å². The van der Waals surface area contributed by atoms with Crippen molar-refractivity contribution >= 4 is 13.6 Å².